The predicted molar refractivity (Wildman–Crippen MR) is 45.5 cm³/mol. The molecule has 1 N–H and O–H groups in total. The van der Waals surface area contributed by atoms with Gasteiger partial charge in [-0.05, 0) is 13.3 Å². The van der Waals surface area contributed by atoms with Crippen LogP contribution in [0.1, 0.15) is 19.8 Å². The van der Waals surface area contributed by atoms with E-state index in [9.17, 15) is 4.79 Å². The molecule has 0 aliphatic heterocycles. The van der Waals surface area contributed by atoms with Crippen LogP contribution in [0.15, 0.2) is 0 Å². The third-order valence-electron chi connectivity index (χ3n) is 1.29. The topological polar surface area (TPSA) is 47.6 Å². The summed E-state index contributed by atoms with van der Waals surface area (Å²) in [5.41, 5.74) is 0. The van der Waals surface area contributed by atoms with Crippen LogP contribution in [0.4, 0.5) is 4.79 Å². The van der Waals surface area contributed by atoms with E-state index in [0.717, 1.165) is 12.8 Å². The van der Waals surface area contributed by atoms with Gasteiger partial charge in [0.2, 0.25) is 0 Å². The normalized spacial score (nSPS) is 12.2. The average Bonchev–Trinajstić information content (AvgIpc) is 2.05. The highest BCUT2D eigenvalue weighted by atomic mass is 16.6. The molecule has 0 aromatic rings. The highest BCUT2D eigenvalue weighted by Crippen LogP contribution is 1.89. The number of hydrogen-bond donors (Lipinski definition) is 1. The van der Waals surface area contributed by atoms with Crippen molar-refractivity contribution in [2.75, 3.05) is 13.7 Å². The Hall–Kier alpha value is -0.770. The number of hydrogen-bond acceptors (Lipinski definition) is 3. The van der Waals surface area contributed by atoms with Crippen LogP contribution in [-0.2, 0) is 9.47 Å². The summed E-state index contributed by atoms with van der Waals surface area (Å²) in [5.74, 6) is 0. The highest BCUT2D eigenvalue weighted by molar-refractivity contribution is 5.67. The first-order chi connectivity index (χ1) is 5.70. The van der Waals surface area contributed by atoms with Gasteiger partial charge in [0.05, 0.1) is 6.61 Å². The van der Waals surface area contributed by atoms with Crippen LogP contribution in [0.2, 0.25) is 0 Å². The second kappa shape index (κ2) is 6.91. The maximum absolute atomic E-state index is 10.8. The second-order valence-corrected chi connectivity index (χ2v) is 2.36. The molecule has 12 heavy (non-hydrogen) atoms. The molecular weight excluding hydrogens is 158 g/mol. The summed E-state index contributed by atoms with van der Waals surface area (Å²) in [4.78, 5) is 10.8. The van der Waals surface area contributed by atoms with Crippen molar-refractivity contribution in [2.24, 2.45) is 0 Å². The molecule has 0 fully saturated rings. The minimum absolute atomic E-state index is 0.443. The molecule has 1 amide bonds. The fourth-order valence-electron chi connectivity index (χ4n) is 0.541. The summed E-state index contributed by atoms with van der Waals surface area (Å²) in [6, 6.07) is 0. The second-order valence-electron chi connectivity index (χ2n) is 2.36. The van der Waals surface area contributed by atoms with Crippen molar-refractivity contribution in [1.29, 1.82) is 0 Å². The fourth-order valence-corrected chi connectivity index (χ4v) is 0.541. The molecule has 0 rings (SSSR count). The first-order valence-electron chi connectivity index (χ1n) is 3.99. The Morgan fingerprint density at radius 3 is 2.83 bits per heavy atom. The van der Waals surface area contributed by atoms with Crippen molar-refractivity contribution in [3.8, 4) is 0 Å². The van der Waals surface area contributed by atoms with Gasteiger partial charge in [-0.25, -0.2) is 4.79 Å². The van der Waals surface area contributed by atoms with Crippen molar-refractivity contribution in [2.45, 2.75) is 26.0 Å². The predicted octanol–water partition coefficient (Wildman–Crippen LogP) is 1.32. The van der Waals surface area contributed by atoms with E-state index < -0.39 is 12.3 Å². The summed E-state index contributed by atoms with van der Waals surface area (Å²) in [6.07, 6.45) is 0.859. The van der Waals surface area contributed by atoms with E-state index in [1.54, 1.807) is 0 Å². The fraction of sp³-hybridized carbons (Fsp3) is 0.750. The minimum Gasteiger partial charge on any atom is -0.450 e. The molecule has 4 nitrogen and oxygen atoms in total. The van der Waals surface area contributed by atoms with E-state index in [4.69, 9.17) is 9.47 Å². The number of nitrogens with one attached hydrogen (secondary N) is 1. The molecule has 0 aromatic carbocycles. The van der Waals surface area contributed by atoms with E-state index in [2.05, 4.69) is 12.2 Å². The Balaban J connectivity index is 3.33. The van der Waals surface area contributed by atoms with Crippen LogP contribution < -0.4 is 5.32 Å². The number of ether oxygens (including phenoxy) is 2. The zero-order valence-electron chi connectivity index (χ0n) is 7.63. The van der Waals surface area contributed by atoms with Crippen LogP contribution in [0.5, 0.6) is 0 Å². The van der Waals surface area contributed by atoms with Gasteiger partial charge in [-0.15, -0.1) is 0 Å². The van der Waals surface area contributed by atoms with E-state index in [1.165, 1.54) is 7.11 Å². The molecule has 0 spiro atoms. The van der Waals surface area contributed by atoms with Gasteiger partial charge < -0.3 is 9.47 Å². The van der Waals surface area contributed by atoms with E-state index >= 15 is 0 Å². The Labute approximate surface area is 73.2 Å². The Morgan fingerprint density at radius 1 is 1.67 bits per heavy atom. The SMILES string of the molecule is [CH2]C(NC(=O)OCCCC)OC. The molecule has 4 heteroatoms. The van der Waals surface area contributed by atoms with E-state index in [-0.39, 0.29) is 0 Å². The van der Waals surface area contributed by atoms with Gasteiger partial charge in [0.25, 0.3) is 0 Å². The largest absolute Gasteiger partial charge is 0.450 e. The zero-order valence-corrected chi connectivity index (χ0v) is 7.63. The molecule has 0 aromatic heterocycles. The van der Waals surface area contributed by atoms with Gasteiger partial charge in [-0.1, -0.05) is 13.3 Å². The minimum atomic E-state index is -0.542. The van der Waals surface area contributed by atoms with Gasteiger partial charge in [-0.3, -0.25) is 5.32 Å². The Bertz CT molecular complexity index is 127. The lowest BCUT2D eigenvalue weighted by Crippen LogP contribution is -2.34. The van der Waals surface area contributed by atoms with E-state index in [0.29, 0.717) is 6.61 Å². The average molecular weight is 174 g/mol. The third kappa shape index (κ3) is 5.97. The molecule has 0 aliphatic carbocycles. The highest BCUT2D eigenvalue weighted by Gasteiger charge is 2.05. The molecule has 0 bridgehead atoms. The first kappa shape index (κ1) is 11.2. The molecule has 1 radical (unpaired) electrons. The molecule has 1 atom stereocenters. The van der Waals surface area contributed by atoms with Gasteiger partial charge in [-0.2, -0.15) is 0 Å². The number of carbonyl (C=O) groups excluding carboxylic acids is 1. The summed E-state index contributed by atoms with van der Waals surface area (Å²) < 4.78 is 9.49. The smallest absolute Gasteiger partial charge is 0.409 e. The number of alkyl carbamates (subject to hydrolysis) is 1. The number of amides is 1. The number of carbonyl (C=O) groups is 1. The maximum Gasteiger partial charge on any atom is 0.409 e. The summed E-state index contributed by atoms with van der Waals surface area (Å²) >= 11 is 0. The van der Waals surface area contributed by atoms with Crippen LogP contribution in [0, 0.1) is 6.92 Å². The van der Waals surface area contributed by atoms with Gasteiger partial charge in [0.1, 0.15) is 6.23 Å². The van der Waals surface area contributed by atoms with Crippen molar-refractivity contribution in [1.82, 2.24) is 5.32 Å². The number of rotatable bonds is 5. The molecule has 71 valence electrons. The molecule has 0 saturated carbocycles. The molecule has 0 heterocycles. The van der Waals surface area contributed by atoms with Crippen LogP contribution >= 0.6 is 0 Å². The monoisotopic (exact) mass is 174 g/mol. The zero-order chi connectivity index (χ0) is 9.40. The quantitative estimate of drug-likeness (QED) is 0.505. The first-order valence-corrected chi connectivity index (χ1v) is 3.99. The summed E-state index contributed by atoms with van der Waals surface area (Å²) in [6.45, 7) is 5.96. The summed E-state index contributed by atoms with van der Waals surface area (Å²) in [7, 11) is 1.46. The van der Waals surface area contributed by atoms with Gasteiger partial charge >= 0.3 is 6.09 Å². The molecule has 0 aliphatic rings. The summed E-state index contributed by atoms with van der Waals surface area (Å²) in [5, 5.41) is 2.39. The Kier molecular flexibility index (Phi) is 6.47. The van der Waals surface area contributed by atoms with Crippen molar-refractivity contribution in [3.63, 3.8) is 0 Å². The number of methoxy groups -OCH3 is 1. The lowest BCUT2D eigenvalue weighted by Gasteiger charge is -2.11. The third-order valence-corrected chi connectivity index (χ3v) is 1.29. The van der Waals surface area contributed by atoms with Gasteiger partial charge in [0, 0.05) is 7.11 Å². The lowest BCUT2D eigenvalue weighted by atomic mass is 10.4. The Morgan fingerprint density at radius 2 is 2.33 bits per heavy atom. The number of unbranched alkanes of at least 4 members (excludes halogenated alkanes) is 1. The molecular formula is C8H16NO3. The lowest BCUT2D eigenvalue weighted by molar-refractivity contribution is 0.0867. The molecule has 1 unspecified atom stereocenters. The van der Waals surface area contributed by atoms with Gasteiger partial charge in [0.15, 0.2) is 0 Å². The van der Waals surface area contributed by atoms with Crippen molar-refractivity contribution in [3.05, 3.63) is 6.92 Å². The van der Waals surface area contributed by atoms with Crippen LogP contribution in [0.25, 0.3) is 0 Å². The van der Waals surface area contributed by atoms with Crippen molar-refractivity contribution >= 4 is 6.09 Å². The van der Waals surface area contributed by atoms with E-state index in [1.807, 2.05) is 6.92 Å². The standard InChI is InChI=1S/C8H16NO3/c1-4-5-6-12-8(10)9-7(2)11-3/h7H,2,4-6H2,1,3H3,(H,9,10). The molecule has 0 saturated heterocycles. The van der Waals surface area contributed by atoms with Crippen molar-refractivity contribution < 1.29 is 14.3 Å². The maximum atomic E-state index is 10.8. The van der Waals surface area contributed by atoms with Crippen LogP contribution in [-0.4, -0.2) is 26.0 Å². The van der Waals surface area contributed by atoms with Crippen LogP contribution in [0.3, 0.4) is 0 Å².